The quantitative estimate of drug-likeness (QED) is 0.712. The van der Waals surface area contributed by atoms with E-state index in [9.17, 15) is 9.59 Å². The molecular formula is C20H20N6O2. The molecule has 3 heterocycles. The Morgan fingerprint density at radius 1 is 1.21 bits per heavy atom. The van der Waals surface area contributed by atoms with Gasteiger partial charge in [-0.05, 0) is 36.2 Å². The lowest BCUT2D eigenvalue weighted by Gasteiger charge is -2.21. The molecular weight excluding hydrogens is 356 g/mol. The molecule has 1 atom stereocenters. The Bertz CT molecular complexity index is 997. The van der Waals surface area contributed by atoms with Crippen molar-refractivity contribution in [3.63, 3.8) is 0 Å². The number of benzene rings is 1. The minimum Gasteiger partial charge on any atom is -0.326 e. The number of carbonyl (C=O) groups is 2. The molecule has 1 unspecified atom stereocenters. The average Bonchev–Trinajstić information content (AvgIpc) is 3.12. The summed E-state index contributed by atoms with van der Waals surface area (Å²) in [7, 11) is 0. The van der Waals surface area contributed by atoms with Crippen molar-refractivity contribution in [1.82, 2.24) is 19.7 Å². The number of pyridine rings is 1. The summed E-state index contributed by atoms with van der Waals surface area (Å²) in [5.41, 5.74) is 2.74. The number of rotatable bonds is 5. The zero-order chi connectivity index (χ0) is 19.5. The number of aromatic nitrogens is 4. The molecule has 142 valence electrons. The molecule has 1 aliphatic rings. The standard InChI is InChI=1S/C20H20N6O2/c1-2-13-3-5-16(6-4-13)22-17(27)11-15-12-26-20(24-19(15)28)23-18(25-26)14-7-9-21-10-8-14/h3-10,15H,2,11-12H2,1H3,(H,22,27)(H,23,24,25,28). The first-order chi connectivity index (χ1) is 13.6. The van der Waals surface area contributed by atoms with Crippen LogP contribution in [0, 0.1) is 5.92 Å². The van der Waals surface area contributed by atoms with Crippen molar-refractivity contribution >= 4 is 23.5 Å². The average molecular weight is 376 g/mol. The number of nitrogens with zero attached hydrogens (tertiary/aromatic N) is 4. The summed E-state index contributed by atoms with van der Waals surface area (Å²) in [6, 6.07) is 11.3. The van der Waals surface area contributed by atoms with E-state index in [1.165, 1.54) is 5.56 Å². The van der Waals surface area contributed by atoms with E-state index in [4.69, 9.17) is 0 Å². The maximum atomic E-state index is 12.4. The number of carbonyl (C=O) groups excluding carboxylic acids is 2. The maximum absolute atomic E-state index is 12.4. The van der Waals surface area contributed by atoms with E-state index in [0.717, 1.165) is 17.7 Å². The van der Waals surface area contributed by atoms with E-state index in [0.29, 0.717) is 18.3 Å². The van der Waals surface area contributed by atoms with Crippen LogP contribution in [0.5, 0.6) is 0 Å². The molecule has 2 N–H and O–H groups in total. The van der Waals surface area contributed by atoms with Crippen LogP contribution in [-0.2, 0) is 22.6 Å². The van der Waals surface area contributed by atoms with Crippen molar-refractivity contribution < 1.29 is 9.59 Å². The molecule has 8 heteroatoms. The fraction of sp³-hybridized carbons (Fsp3) is 0.250. The lowest BCUT2D eigenvalue weighted by Crippen LogP contribution is -2.36. The topological polar surface area (TPSA) is 102 Å². The van der Waals surface area contributed by atoms with E-state index < -0.39 is 5.92 Å². The summed E-state index contributed by atoms with van der Waals surface area (Å²) in [6.45, 7) is 2.38. The van der Waals surface area contributed by atoms with Crippen molar-refractivity contribution in [2.75, 3.05) is 10.6 Å². The van der Waals surface area contributed by atoms with Crippen LogP contribution in [0.2, 0.25) is 0 Å². The second-order valence-corrected chi connectivity index (χ2v) is 6.67. The number of hydrogen-bond acceptors (Lipinski definition) is 5. The molecule has 1 aliphatic heterocycles. The number of fused-ring (bicyclic) bond motifs is 1. The summed E-state index contributed by atoms with van der Waals surface area (Å²) in [4.78, 5) is 33.1. The largest absolute Gasteiger partial charge is 0.326 e. The van der Waals surface area contributed by atoms with Gasteiger partial charge < -0.3 is 5.32 Å². The highest BCUT2D eigenvalue weighted by atomic mass is 16.2. The molecule has 0 saturated carbocycles. The van der Waals surface area contributed by atoms with Gasteiger partial charge >= 0.3 is 0 Å². The molecule has 0 fully saturated rings. The van der Waals surface area contributed by atoms with E-state index in [-0.39, 0.29) is 18.2 Å². The Morgan fingerprint density at radius 3 is 2.68 bits per heavy atom. The summed E-state index contributed by atoms with van der Waals surface area (Å²) in [6.07, 6.45) is 4.34. The fourth-order valence-corrected chi connectivity index (χ4v) is 3.11. The molecule has 0 radical (unpaired) electrons. The lowest BCUT2D eigenvalue weighted by atomic mass is 10.0. The van der Waals surface area contributed by atoms with Gasteiger partial charge in [-0.1, -0.05) is 19.1 Å². The first-order valence-electron chi connectivity index (χ1n) is 9.17. The molecule has 1 aromatic carbocycles. The van der Waals surface area contributed by atoms with E-state index >= 15 is 0 Å². The Labute approximate surface area is 162 Å². The Morgan fingerprint density at radius 2 is 1.96 bits per heavy atom. The van der Waals surface area contributed by atoms with Gasteiger partial charge in [0.2, 0.25) is 17.8 Å². The van der Waals surface area contributed by atoms with E-state index in [1.54, 1.807) is 29.2 Å². The maximum Gasteiger partial charge on any atom is 0.232 e. The van der Waals surface area contributed by atoms with Crippen LogP contribution >= 0.6 is 0 Å². The van der Waals surface area contributed by atoms with Crippen molar-refractivity contribution in [3.8, 4) is 11.4 Å². The highest BCUT2D eigenvalue weighted by Gasteiger charge is 2.30. The zero-order valence-electron chi connectivity index (χ0n) is 15.4. The predicted molar refractivity (Wildman–Crippen MR) is 104 cm³/mol. The fourth-order valence-electron chi connectivity index (χ4n) is 3.11. The molecule has 8 nitrogen and oxygen atoms in total. The molecule has 3 aromatic rings. The Hall–Kier alpha value is -3.55. The van der Waals surface area contributed by atoms with E-state index in [2.05, 4.69) is 32.6 Å². The number of nitrogens with one attached hydrogen (secondary N) is 2. The van der Waals surface area contributed by atoms with Crippen molar-refractivity contribution in [2.45, 2.75) is 26.3 Å². The molecule has 4 rings (SSSR count). The monoisotopic (exact) mass is 376 g/mol. The van der Waals surface area contributed by atoms with Gasteiger partial charge in [0.25, 0.3) is 0 Å². The Kier molecular flexibility index (Phi) is 4.84. The predicted octanol–water partition coefficient (Wildman–Crippen LogP) is 2.50. The minimum absolute atomic E-state index is 0.0747. The molecule has 0 saturated heterocycles. The van der Waals surface area contributed by atoms with Crippen molar-refractivity contribution in [2.24, 2.45) is 5.92 Å². The van der Waals surface area contributed by atoms with Crippen LogP contribution < -0.4 is 10.6 Å². The molecule has 0 bridgehead atoms. The van der Waals surface area contributed by atoms with Crippen LogP contribution in [0.3, 0.4) is 0 Å². The van der Waals surface area contributed by atoms with Crippen LogP contribution in [0.25, 0.3) is 11.4 Å². The van der Waals surface area contributed by atoms with Gasteiger partial charge in [-0.3, -0.25) is 19.9 Å². The van der Waals surface area contributed by atoms with Gasteiger partial charge in [-0.15, -0.1) is 5.10 Å². The SMILES string of the molecule is CCc1ccc(NC(=O)CC2Cn3nc(-c4ccncc4)nc3NC2=O)cc1. The number of anilines is 2. The first-order valence-corrected chi connectivity index (χ1v) is 9.17. The van der Waals surface area contributed by atoms with Gasteiger partial charge in [0.1, 0.15) is 0 Å². The number of hydrogen-bond donors (Lipinski definition) is 2. The highest BCUT2D eigenvalue weighted by molar-refractivity contribution is 5.98. The lowest BCUT2D eigenvalue weighted by molar-refractivity contribution is -0.125. The van der Waals surface area contributed by atoms with Gasteiger partial charge in [0.05, 0.1) is 12.5 Å². The smallest absolute Gasteiger partial charge is 0.232 e. The van der Waals surface area contributed by atoms with Crippen molar-refractivity contribution in [1.29, 1.82) is 0 Å². The number of aryl methyl sites for hydroxylation is 1. The highest BCUT2D eigenvalue weighted by Crippen LogP contribution is 2.23. The Balaban J connectivity index is 1.43. The first kappa shape index (κ1) is 17.8. The summed E-state index contributed by atoms with van der Waals surface area (Å²) in [5.74, 6) is -0.0307. The molecule has 0 spiro atoms. The number of amides is 2. The third-order valence-electron chi connectivity index (χ3n) is 4.69. The van der Waals surface area contributed by atoms with Gasteiger partial charge in [0.15, 0.2) is 5.82 Å². The van der Waals surface area contributed by atoms with E-state index in [1.807, 2.05) is 24.3 Å². The van der Waals surface area contributed by atoms with Gasteiger partial charge in [-0.2, -0.15) is 4.98 Å². The molecule has 28 heavy (non-hydrogen) atoms. The van der Waals surface area contributed by atoms with Crippen LogP contribution in [0.4, 0.5) is 11.6 Å². The molecule has 0 aliphatic carbocycles. The van der Waals surface area contributed by atoms with Gasteiger partial charge in [0, 0.05) is 30.1 Å². The summed E-state index contributed by atoms with van der Waals surface area (Å²) < 4.78 is 1.63. The molecule has 2 amide bonds. The third-order valence-corrected chi connectivity index (χ3v) is 4.69. The second kappa shape index (κ2) is 7.59. The summed E-state index contributed by atoms with van der Waals surface area (Å²) >= 11 is 0. The normalized spacial score (nSPS) is 15.6. The van der Waals surface area contributed by atoms with Crippen LogP contribution in [0.1, 0.15) is 18.9 Å². The zero-order valence-corrected chi connectivity index (χ0v) is 15.4. The van der Waals surface area contributed by atoms with Crippen LogP contribution in [0.15, 0.2) is 48.8 Å². The minimum atomic E-state index is -0.505. The van der Waals surface area contributed by atoms with Gasteiger partial charge in [-0.25, -0.2) is 4.68 Å². The summed E-state index contributed by atoms with van der Waals surface area (Å²) in [5, 5.41) is 10.0. The van der Waals surface area contributed by atoms with Crippen molar-refractivity contribution in [3.05, 3.63) is 54.4 Å². The third kappa shape index (κ3) is 3.75. The molecule has 2 aromatic heterocycles. The van der Waals surface area contributed by atoms with Crippen LogP contribution in [-0.4, -0.2) is 31.6 Å². The second-order valence-electron chi connectivity index (χ2n) is 6.67.